The Morgan fingerprint density at radius 2 is 2.00 bits per heavy atom. The number of nitrogens with zero attached hydrogens (tertiary/aromatic N) is 5. The minimum absolute atomic E-state index is 0.118. The normalized spacial score (nSPS) is 17.3. The number of amides is 1. The minimum atomic E-state index is -2.67. The fraction of sp³-hybridized carbons (Fsp3) is 0.500. The third kappa shape index (κ3) is 7.39. The first-order valence-corrected chi connectivity index (χ1v) is 13.7. The van der Waals surface area contributed by atoms with E-state index in [0.29, 0.717) is 34.3 Å². The van der Waals surface area contributed by atoms with E-state index in [2.05, 4.69) is 26.8 Å². The van der Waals surface area contributed by atoms with E-state index in [1.54, 1.807) is 19.2 Å². The second kappa shape index (κ2) is 13.4. The predicted molar refractivity (Wildman–Crippen MR) is 152 cm³/mol. The molecular weight excluding hydrogens is 532 g/mol. The number of ether oxygens (including phenoxy) is 2. The molecule has 0 spiro atoms. The molecule has 0 aliphatic carbocycles. The molecule has 220 valence electrons. The SMILES string of the molecule is C=N/N=C(\OCC(F)F)c1ccc(CN(C)C(=O)c2ccc(C3CCN(C4COC4)CC3)cc2C(C)(C)C=O)nc1. The van der Waals surface area contributed by atoms with E-state index in [-0.39, 0.29) is 18.3 Å². The van der Waals surface area contributed by atoms with Crippen molar-refractivity contribution in [2.24, 2.45) is 10.2 Å². The van der Waals surface area contributed by atoms with Gasteiger partial charge in [0.25, 0.3) is 12.3 Å². The molecule has 2 fully saturated rings. The third-order valence-corrected chi connectivity index (χ3v) is 7.73. The Kier molecular flexibility index (Phi) is 9.93. The fourth-order valence-corrected chi connectivity index (χ4v) is 5.17. The van der Waals surface area contributed by atoms with Crippen LogP contribution in [0.1, 0.15) is 65.3 Å². The van der Waals surface area contributed by atoms with Gasteiger partial charge >= 0.3 is 0 Å². The molecule has 1 amide bonds. The molecule has 2 aromatic rings. The second-order valence-corrected chi connectivity index (χ2v) is 11.1. The molecule has 2 saturated heterocycles. The van der Waals surface area contributed by atoms with Gasteiger partial charge < -0.3 is 19.2 Å². The van der Waals surface area contributed by atoms with Crippen molar-refractivity contribution in [2.75, 3.05) is 40.0 Å². The van der Waals surface area contributed by atoms with E-state index in [9.17, 15) is 18.4 Å². The Morgan fingerprint density at radius 1 is 1.27 bits per heavy atom. The fourth-order valence-electron chi connectivity index (χ4n) is 5.17. The summed E-state index contributed by atoms with van der Waals surface area (Å²) in [5, 5.41) is 7.02. The lowest BCUT2D eigenvalue weighted by atomic mass is 9.79. The molecule has 0 N–H and O–H groups in total. The van der Waals surface area contributed by atoms with Gasteiger partial charge in [0.05, 0.1) is 37.1 Å². The summed E-state index contributed by atoms with van der Waals surface area (Å²) < 4.78 is 35.5. The maximum Gasteiger partial charge on any atom is 0.272 e. The van der Waals surface area contributed by atoms with Crippen molar-refractivity contribution in [3.8, 4) is 0 Å². The van der Waals surface area contributed by atoms with Gasteiger partial charge in [0.1, 0.15) is 6.29 Å². The molecule has 4 rings (SSSR count). The Morgan fingerprint density at radius 3 is 2.56 bits per heavy atom. The molecule has 1 aromatic carbocycles. The van der Waals surface area contributed by atoms with Crippen molar-refractivity contribution < 1.29 is 27.8 Å². The van der Waals surface area contributed by atoms with Gasteiger partial charge in [-0.3, -0.25) is 14.7 Å². The lowest BCUT2D eigenvalue weighted by molar-refractivity contribution is -0.111. The van der Waals surface area contributed by atoms with Crippen LogP contribution in [0.4, 0.5) is 8.78 Å². The van der Waals surface area contributed by atoms with Gasteiger partial charge in [0, 0.05) is 30.9 Å². The van der Waals surface area contributed by atoms with Crippen LogP contribution in [-0.4, -0.2) is 92.0 Å². The van der Waals surface area contributed by atoms with Crippen molar-refractivity contribution >= 4 is 24.8 Å². The Labute approximate surface area is 239 Å². The highest BCUT2D eigenvalue weighted by atomic mass is 19.3. The standard InChI is InChI=1S/C30H37F2N5O4/c1-30(2,19-38)26-13-21(20-9-11-37(12-10-20)24-16-40-17-24)6-8-25(26)29(39)36(4)15-23-7-5-22(14-34-23)28(35-33-3)41-18-27(31)32/h5-8,13-14,19-20,24,27H,3,9-12,15-18H2,1-2,4H3/b35-28-. The van der Waals surface area contributed by atoms with E-state index in [1.165, 1.54) is 11.1 Å². The van der Waals surface area contributed by atoms with Crippen molar-refractivity contribution in [2.45, 2.75) is 57.0 Å². The molecular formula is C30H37F2N5O4. The van der Waals surface area contributed by atoms with Gasteiger partial charge in [0.2, 0.25) is 5.90 Å². The lowest BCUT2D eigenvalue weighted by Crippen LogP contribution is -2.51. The van der Waals surface area contributed by atoms with Gasteiger partial charge in [-0.25, -0.2) is 8.78 Å². The minimum Gasteiger partial charge on any atom is -0.470 e. The molecule has 11 heteroatoms. The summed E-state index contributed by atoms with van der Waals surface area (Å²) >= 11 is 0. The van der Waals surface area contributed by atoms with Crippen LogP contribution in [0.5, 0.6) is 0 Å². The zero-order valence-corrected chi connectivity index (χ0v) is 23.8. The first kappa shape index (κ1) is 30.4. The van der Waals surface area contributed by atoms with Crippen LogP contribution in [0.15, 0.2) is 46.7 Å². The number of alkyl halides is 2. The molecule has 1 aromatic heterocycles. The first-order chi connectivity index (χ1) is 19.6. The average Bonchev–Trinajstić information content (AvgIpc) is 2.94. The Balaban J connectivity index is 1.48. The van der Waals surface area contributed by atoms with Crippen molar-refractivity contribution in [3.05, 3.63) is 64.5 Å². The summed E-state index contributed by atoms with van der Waals surface area (Å²) in [5.74, 6) is 0.0188. The number of hydrogen-bond acceptors (Lipinski definition) is 8. The number of carbonyl (C=O) groups is 2. The van der Waals surface area contributed by atoms with E-state index < -0.39 is 18.4 Å². The Hall–Kier alpha value is -3.57. The maximum atomic E-state index is 13.6. The molecule has 0 unspecified atom stereocenters. The summed E-state index contributed by atoms with van der Waals surface area (Å²) in [4.78, 5) is 34.1. The van der Waals surface area contributed by atoms with Crippen LogP contribution in [0.2, 0.25) is 0 Å². The summed E-state index contributed by atoms with van der Waals surface area (Å²) in [6.07, 6.45) is 1.68. The molecule has 0 radical (unpaired) electrons. The van der Waals surface area contributed by atoms with Crippen molar-refractivity contribution in [3.63, 3.8) is 0 Å². The average molecular weight is 570 g/mol. The monoisotopic (exact) mass is 569 g/mol. The van der Waals surface area contributed by atoms with E-state index in [4.69, 9.17) is 9.47 Å². The number of aromatic nitrogens is 1. The van der Waals surface area contributed by atoms with Crippen LogP contribution < -0.4 is 0 Å². The highest BCUT2D eigenvalue weighted by molar-refractivity contribution is 5.97. The van der Waals surface area contributed by atoms with Crippen LogP contribution >= 0.6 is 0 Å². The van der Waals surface area contributed by atoms with E-state index >= 15 is 0 Å². The van der Waals surface area contributed by atoms with Crippen LogP contribution in [0, 0.1) is 0 Å². The largest absolute Gasteiger partial charge is 0.470 e. The number of hydrogen-bond donors (Lipinski definition) is 0. The molecule has 0 atom stereocenters. The van der Waals surface area contributed by atoms with Crippen molar-refractivity contribution in [1.29, 1.82) is 0 Å². The zero-order chi connectivity index (χ0) is 29.6. The number of likely N-dealkylation sites (tertiary alicyclic amines) is 1. The Bertz CT molecular complexity index is 1260. The number of pyridine rings is 1. The molecule has 2 aliphatic rings. The maximum absolute atomic E-state index is 13.6. The number of halogens is 2. The van der Waals surface area contributed by atoms with E-state index in [1.807, 2.05) is 32.0 Å². The van der Waals surface area contributed by atoms with Crippen LogP contribution in [0.3, 0.4) is 0 Å². The third-order valence-electron chi connectivity index (χ3n) is 7.73. The lowest BCUT2D eigenvalue weighted by Gasteiger charge is -2.41. The number of piperidine rings is 1. The van der Waals surface area contributed by atoms with Crippen LogP contribution in [-0.2, 0) is 26.2 Å². The molecule has 3 heterocycles. The molecule has 2 aliphatic heterocycles. The van der Waals surface area contributed by atoms with Gasteiger partial charge in [0.15, 0.2) is 6.61 Å². The summed E-state index contributed by atoms with van der Waals surface area (Å²) in [6, 6.07) is 9.67. The number of benzene rings is 1. The van der Waals surface area contributed by atoms with Gasteiger partial charge in [-0.1, -0.05) is 12.1 Å². The number of carbonyl (C=O) groups excluding carboxylic acids is 2. The molecule has 0 saturated carbocycles. The van der Waals surface area contributed by atoms with Gasteiger partial charge in [-0.2, -0.15) is 5.10 Å². The molecule has 41 heavy (non-hydrogen) atoms. The highest BCUT2D eigenvalue weighted by Crippen LogP contribution is 2.34. The predicted octanol–water partition coefficient (Wildman–Crippen LogP) is 4.05. The van der Waals surface area contributed by atoms with Gasteiger partial charge in [-0.05, 0) is 75.0 Å². The highest BCUT2D eigenvalue weighted by Gasteiger charge is 2.32. The van der Waals surface area contributed by atoms with Crippen molar-refractivity contribution in [1.82, 2.24) is 14.8 Å². The summed E-state index contributed by atoms with van der Waals surface area (Å²) in [7, 11) is 1.67. The second-order valence-electron chi connectivity index (χ2n) is 11.1. The van der Waals surface area contributed by atoms with Crippen LogP contribution in [0.25, 0.3) is 0 Å². The topological polar surface area (TPSA) is 96.7 Å². The van der Waals surface area contributed by atoms with Gasteiger partial charge in [-0.15, -0.1) is 5.10 Å². The van der Waals surface area contributed by atoms with E-state index in [0.717, 1.165) is 51.0 Å². The summed E-state index contributed by atoms with van der Waals surface area (Å²) in [6.45, 7) is 9.88. The zero-order valence-electron chi connectivity index (χ0n) is 23.8. The number of rotatable bonds is 11. The quantitative estimate of drug-likeness (QED) is 0.175. The summed E-state index contributed by atoms with van der Waals surface area (Å²) in [5.41, 5.74) is 2.40. The molecule has 9 nitrogen and oxygen atoms in total. The number of aldehydes is 1. The smallest absolute Gasteiger partial charge is 0.272 e. The first-order valence-electron chi connectivity index (χ1n) is 13.7. The molecule has 0 bridgehead atoms.